The van der Waals surface area contributed by atoms with Crippen LogP contribution in [0, 0.1) is 0 Å². The summed E-state index contributed by atoms with van der Waals surface area (Å²) in [7, 11) is 1.60. The maximum absolute atomic E-state index is 11.8. The molecule has 0 fully saturated rings. The molecular weight excluding hydrogens is 398 g/mol. The van der Waals surface area contributed by atoms with Crippen LogP contribution in [-0.4, -0.2) is 46.7 Å². The lowest BCUT2D eigenvalue weighted by Crippen LogP contribution is -2.50. The minimum Gasteiger partial charge on any atom is -0.411 e. The Morgan fingerprint density at radius 3 is 2.88 bits per heavy atom. The van der Waals surface area contributed by atoms with Crippen LogP contribution in [0.1, 0.15) is 6.92 Å². The number of rotatable bonds is 7. The third-order valence-electron chi connectivity index (χ3n) is 2.95. The number of benzene rings is 1. The molecule has 1 heterocycles. The second-order valence-electron chi connectivity index (χ2n) is 5.14. The number of thiocarbonyl (C=S) groups is 1. The molecule has 2 aromatic rings. The van der Waals surface area contributed by atoms with E-state index in [-0.39, 0.29) is 22.9 Å². The van der Waals surface area contributed by atoms with E-state index in [1.165, 1.54) is 0 Å². The quantitative estimate of drug-likeness (QED) is 0.356. The van der Waals surface area contributed by atoms with E-state index in [1.54, 1.807) is 19.2 Å². The second kappa shape index (κ2) is 10.3. The molecule has 1 amide bonds. The largest absolute Gasteiger partial charge is 0.411 e. The molecule has 1 aromatic carbocycles. The maximum atomic E-state index is 11.8. The fourth-order valence-electron chi connectivity index (χ4n) is 1.85. The van der Waals surface area contributed by atoms with E-state index in [4.69, 9.17) is 33.0 Å². The van der Waals surface area contributed by atoms with Crippen molar-refractivity contribution < 1.29 is 13.9 Å². The number of aromatic nitrogens is 2. The number of hydrogen-bond donors (Lipinski definition) is 3. The number of amides is 1. The molecule has 11 heteroatoms. The van der Waals surface area contributed by atoms with Crippen LogP contribution < -0.4 is 16.2 Å². The molecule has 8 nitrogen and oxygen atoms in total. The summed E-state index contributed by atoms with van der Waals surface area (Å²) >= 11 is 12.3. The van der Waals surface area contributed by atoms with Crippen molar-refractivity contribution in [1.29, 1.82) is 0 Å². The summed E-state index contributed by atoms with van der Waals surface area (Å²) in [5, 5.41) is 11.9. The van der Waals surface area contributed by atoms with Crippen LogP contribution in [0.3, 0.4) is 0 Å². The van der Waals surface area contributed by atoms with E-state index < -0.39 is 0 Å². The number of hydrazine groups is 1. The van der Waals surface area contributed by atoms with Crippen molar-refractivity contribution in [3.63, 3.8) is 0 Å². The molecule has 0 unspecified atom stereocenters. The van der Waals surface area contributed by atoms with E-state index in [9.17, 15) is 4.79 Å². The van der Waals surface area contributed by atoms with Gasteiger partial charge in [0.2, 0.25) is 11.8 Å². The van der Waals surface area contributed by atoms with Crippen molar-refractivity contribution in [2.45, 2.75) is 18.2 Å². The molecule has 0 saturated heterocycles. The van der Waals surface area contributed by atoms with E-state index in [0.29, 0.717) is 28.2 Å². The second-order valence-corrected chi connectivity index (χ2v) is 6.89. The summed E-state index contributed by atoms with van der Waals surface area (Å²) in [6, 6.07) is 7.16. The first kappa shape index (κ1) is 20.4. The first-order chi connectivity index (χ1) is 12.5. The molecule has 1 atom stereocenters. The molecule has 0 aliphatic carbocycles. The van der Waals surface area contributed by atoms with E-state index in [2.05, 4.69) is 26.4 Å². The zero-order valence-electron chi connectivity index (χ0n) is 14.1. The van der Waals surface area contributed by atoms with Crippen molar-refractivity contribution in [2.24, 2.45) is 0 Å². The molecule has 140 valence electrons. The van der Waals surface area contributed by atoms with Gasteiger partial charge in [0.05, 0.1) is 22.9 Å². The molecule has 0 saturated carbocycles. The minimum absolute atomic E-state index is 0.0212. The van der Waals surface area contributed by atoms with Crippen molar-refractivity contribution in [1.82, 2.24) is 26.4 Å². The summed E-state index contributed by atoms with van der Waals surface area (Å²) in [4.78, 5) is 11.8. The standard InChI is InChI=1S/C15H18ClN5O3S2/c1-9(7-23-2)17-14(25)20-18-12(22)8-26-15-21-19-13(24-15)10-5-3-4-6-11(10)16/h3-6,9H,7-8H2,1-2H3,(H,18,22)(H2,17,20,25)/t9-/m0/s1. The number of nitrogens with one attached hydrogen (secondary N) is 3. The molecule has 2 rings (SSSR count). The number of carbonyl (C=O) groups excluding carboxylic acids is 1. The highest BCUT2D eigenvalue weighted by Crippen LogP contribution is 2.28. The summed E-state index contributed by atoms with van der Waals surface area (Å²) in [6.45, 7) is 2.40. The normalized spacial score (nSPS) is 11.7. The SMILES string of the molecule is COC[C@H](C)NC(=S)NNC(=O)CSc1nnc(-c2ccccc2Cl)o1. The first-order valence-electron chi connectivity index (χ1n) is 7.55. The fourth-order valence-corrected chi connectivity index (χ4v) is 2.88. The third-order valence-corrected chi connectivity index (χ3v) is 4.32. The zero-order chi connectivity index (χ0) is 18.9. The van der Waals surface area contributed by atoms with Gasteiger partial charge in [0.15, 0.2) is 5.11 Å². The monoisotopic (exact) mass is 415 g/mol. The van der Waals surface area contributed by atoms with Crippen LogP contribution in [0.4, 0.5) is 0 Å². The average Bonchev–Trinajstić information content (AvgIpc) is 3.07. The molecule has 3 N–H and O–H groups in total. The predicted octanol–water partition coefficient (Wildman–Crippen LogP) is 2.01. The van der Waals surface area contributed by atoms with Crippen LogP contribution in [0.2, 0.25) is 5.02 Å². The van der Waals surface area contributed by atoms with Gasteiger partial charge in [0.25, 0.3) is 5.22 Å². The molecule has 1 aromatic heterocycles. The smallest absolute Gasteiger partial charge is 0.277 e. The number of ether oxygens (including phenoxy) is 1. The Labute approximate surface area is 165 Å². The minimum atomic E-state index is -0.295. The van der Waals surface area contributed by atoms with Crippen molar-refractivity contribution in [2.75, 3.05) is 19.5 Å². The number of nitrogens with zero attached hydrogens (tertiary/aromatic N) is 2. The topological polar surface area (TPSA) is 101 Å². The van der Waals surface area contributed by atoms with E-state index in [1.807, 2.05) is 19.1 Å². The highest BCUT2D eigenvalue weighted by molar-refractivity contribution is 7.99. The molecule has 0 aliphatic heterocycles. The lowest BCUT2D eigenvalue weighted by atomic mass is 10.2. The summed E-state index contributed by atoms with van der Waals surface area (Å²) in [5.41, 5.74) is 5.74. The predicted molar refractivity (Wildman–Crippen MR) is 104 cm³/mol. The summed E-state index contributed by atoms with van der Waals surface area (Å²) in [5.74, 6) is 0.0816. The number of methoxy groups -OCH3 is 1. The Hall–Kier alpha value is -1.88. The van der Waals surface area contributed by atoms with Crippen LogP contribution in [0.5, 0.6) is 0 Å². The van der Waals surface area contributed by atoms with Crippen LogP contribution in [0.15, 0.2) is 33.9 Å². The number of hydrogen-bond acceptors (Lipinski definition) is 7. The lowest BCUT2D eigenvalue weighted by Gasteiger charge is -2.16. The Morgan fingerprint density at radius 1 is 1.38 bits per heavy atom. The van der Waals surface area contributed by atoms with Gasteiger partial charge in [-0.2, -0.15) is 0 Å². The number of carbonyl (C=O) groups is 1. The van der Waals surface area contributed by atoms with Gasteiger partial charge in [-0.05, 0) is 31.3 Å². The highest BCUT2D eigenvalue weighted by atomic mass is 35.5. The molecule has 0 radical (unpaired) electrons. The van der Waals surface area contributed by atoms with Gasteiger partial charge in [-0.25, -0.2) is 0 Å². The van der Waals surface area contributed by atoms with Crippen molar-refractivity contribution in [3.05, 3.63) is 29.3 Å². The molecule has 0 bridgehead atoms. The van der Waals surface area contributed by atoms with Gasteiger partial charge in [-0.15, -0.1) is 10.2 Å². The number of halogens is 1. The van der Waals surface area contributed by atoms with E-state index in [0.717, 1.165) is 11.8 Å². The first-order valence-corrected chi connectivity index (χ1v) is 9.32. The van der Waals surface area contributed by atoms with Crippen LogP contribution in [0.25, 0.3) is 11.5 Å². The third kappa shape index (κ3) is 6.45. The van der Waals surface area contributed by atoms with Crippen molar-refractivity contribution in [3.8, 4) is 11.5 Å². The van der Waals surface area contributed by atoms with Crippen LogP contribution >= 0.6 is 35.6 Å². The van der Waals surface area contributed by atoms with Crippen LogP contribution in [-0.2, 0) is 9.53 Å². The average molecular weight is 416 g/mol. The van der Waals surface area contributed by atoms with Gasteiger partial charge in [0, 0.05) is 13.2 Å². The van der Waals surface area contributed by atoms with Gasteiger partial charge in [0.1, 0.15) is 0 Å². The van der Waals surface area contributed by atoms with E-state index >= 15 is 0 Å². The highest BCUT2D eigenvalue weighted by Gasteiger charge is 2.13. The maximum Gasteiger partial charge on any atom is 0.277 e. The van der Waals surface area contributed by atoms with Gasteiger partial charge < -0.3 is 14.5 Å². The van der Waals surface area contributed by atoms with Crippen molar-refractivity contribution >= 4 is 46.6 Å². The summed E-state index contributed by atoms with van der Waals surface area (Å²) in [6.07, 6.45) is 0. The lowest BCUT2D eigenvalue weighted by molar-refractivity contribution is -0.119. The Morgan fingerprint density at radius 2 is 2.15 bits per heavy atom. The Balaban J connectivity index is 1.76. The molecule has 26 heavy (non-hydrogen) atoms. The van der Waals surface area contributed by atoms with Gasteiger partial charge in [-0.3, -0.25) is 15.6 Å². The molecule has 0 aliphatic rings. The zero-order valence-corrected chi connectivity index (χ0v) is 16.5. The summed E-state index contributed by atoms with van der Waals surface area (Å²) < 4.78 is 10.5. The van der Waals surface area contributed by atoms with Gasteiger partial charge >= 0.3 is 0 Å². The number of thioether (sulfide) groups is 1. The Bertz CT molecular complexity index is 758. The Kier molecular flexibility index (Phi) is 8.10. The molecule has 0 spiro atoms. The molecular formula is C15H18ClN5O3S2. The fraction of sp³-hybridized carbons (Fsp3) is 0.333. The van der Waals surface area contributed by atoms with Gasteiger partial charge in [-0.1, -0.05) is 35.5 Å².